The summed E-state index contributed by atoms with van der Waals surface area (Å²) in [6.45, 7) is 0. The van der Waals surface area contributed by atoms with Gasteiger partial charge in [0.15, 0.2) is 0 Å². The van der Waals surface area contributed by atoms with E-state index in [0.717, 1.165) is 0 Å². The minimum atomic E-state index is -0.532. The standard InChI is InChI=1S/C18H11Cl3FN3O/c19-13-5-3-11(8-14(13)20)25-18(26)12-2-1-7-23-17(12)24-10-4-6-16(22)15(21)9-10/h1-9H,(H,23,24)(H,25,26). The molecule has 0 fully saturated rings. The second-order valence-electron chi connectivity index (χ2n) is 5.24. The molecule has 0 atom stereocenters. The first-order valence-electron chi connectivity index (χ1n) is 7.37. The number of nitrogens with one attached hydrogen (secondary N) is 2. The molecule has 0 saturated heterocycles. The number of aromatic nitrogens is 1. The molecule has 26 heavy (non-hydrogen) atoms. The summed E-state index contributed by atoms with van der Waals surface area (Å²) in [5.74, 6) is -0.629. The molecule has 2 aromatic carbocycles. The highest BCUT2D eigenvalue weighted by atomic mass is 35.5. The summed E-state index contributed by atoms with van der Waals surface area (Å²) >= 11 is 17.6. The lowest BCUT2D eigenvalue weighted by molar-refractivity contribution is 0.102. The van der Waals surface area contributed by atoms with Gasteiger partial charge in [-0.25, -0.2) is 9.37 Å². The Morgan fingerprint density at radius 1 is 0.923 bits per heavy atom. The molecule has 3 aromatic rings. The number of pyridine rings is 1. The number of benzene rings is 2. The van der Waals surface area contributed by atoms with Crippen LogP contribution in [0.3, 0.4) is 0 Å². The average molecular weight is 411 g/mol. The fourth-order valence-electron chi connectivity index (χ4n) is 2.17. The number of anilines is 3. The van der Waals surface area contributed by atoms with Crippen molar-refractivity contribution in [2.24, 2.45) is 0 Å². The van der Waals surface area contributed by atoms with Crippen LogP contribution in [0.5, 0.6) is 0 Å². The van der Waals surface area contributed by atoms with Gasteiger partial charge in [0.05, 0.1) is 20.6 Å². The number of amides is 1. The molecule has 8 heteroatoms. The lowest BCUT2D eigenvalue weighted by atomic mass is 10.2. The molecule has 0 unspecified atom stereocenters. The zero-order valence-corrected chi connectivity index (χ0v) is 15.3. The lowest BCUT2D eigenvalue weighted by Crippen LogP contribution is -2.14. The highest BCUT2D eigenvalue weighted by Crippen LogP contribution is 2.27. The SMILES string of the molecule is O=C(Nc1ccc(Cl)c(Cl)c1)c1cccnc1Nc1ccc(F)c(Cl)c1. The van der Waals surface area contributed by atoms with E-state index >= 15 is 0 Å². The van der Waals surface area contributed by atoms with Gasteiger partial charge in [0, 0.05) is 17.6 Å². The molecular weight excluding hydrogens is 400 g/mol. The number of rotatable bonds is 4. The summed E-state index contributed by atoms with van der Waals surface area (Å²) in [7, 11) is 0. The molecule has 0 aliphatic carbocycles. The molecule has 0 spiro atoms. The Labute approximate surface area is 163 Å². The number of hydrogen-bond donors (Lipinski definition) is 2. The molecule has 4 nitrogen and oxygen atoms in total. The van der Waals surface area contributed by atoms with Gasteiger partial charge >= 0.3 is 0 Å². The van der Waals surface area contributed by atoms with Crippen LogP contribution >= 0.6 is 34.8 Å². The van der Waals surface area contributed by atoms with Gasteiger partial charge in [-0.2, -0.15) is 0 Å². The van der Waals surface area contributed by atoms with Gasteiger partial charge in [-0.1, -0.05) is 34.8 Å². The van der Waals surface area contributed by atoms with E-state index in [1.165, 1.54) is 24.4 Å². The first-order valence-corrected chi connectivity index (χ1v) is 8.51. The Hall–Kier alpha value is -2.34. The number of carbonyl (C=O) groups is 1. The van der Waals surface area contributed by atoms with Crippen molar-refractivity contribution in [3.63, 3.8) is 0 Å². The fraction of sp³-hybridized carbons (Fsp3) is 0. The number of carbonyl (C=O) groups excluding carboxylic acids is 1. The Morgan fingerprint density at radius 3 is 2.38 bits per heavy atom. The Morgan fingerprint density at radius 2 is 1.65 bits per heavy atom. The predicted molar refractivity (Wildman–Crippen MR) is 103 cm³/mol. The zero-order chi connectivity index (χ0) is 18.7. The summed E-state index contributed by atoms with van der Waals surface area (Å²) in [6.07, 6.45) is 1.53. The molecule has 2 N–H and O–H groups in total. The van der Waals surface area contributed by atoms with Crippen LogP contribution in [0.1, 0.15) is 10.4 Å². The molecule has 1 heterocycles. The van der Waals surface area contributed by atoms with Crippen LogP contribution in [-0.4, -0.2) is 10.9 Å². The maximum Gasteiger partial charge on any atom is 0.259 e. The van der Waals surface area contributed by atoms with E-state index in [1.807, 2.05) is 0 Å². The smallest absolute Gasteiger partial charge is 0.259 e. The average Bonchev–Trinajstić information content (AvgIpc) is 2.62. The minimum absolute atomic E-state index is 0.0345. The molecule has 3 rings (SSSR count). The third-order valence-electron chi connectivity index (χ3n) is 3.41. The van der Waals surface area contributed by atoms with E-state index in [2.05, 4.69) is 15.6 Å². The third-order valence-corrected chi connectivity index (χ3v) is 4.44. The van der Waals surface area contributed by atoms with Gasteiger partial charge in [-0.15, -0.1) is 0 Å². The molecule has 1 aromatic heterocycles. The minimum Gasteiger partial charge on any atom is -0.340 e. The van der Waals surface area contributed by atoms with Crippen LogP contribution in [-0.2, 0) is 0 Å². The summed E-state index contributed by atoms with van der Waals surface area (Å²) in [4.78, 5) is 16.8. The van der Waals surface area contributed by atoms with Gasteiger partial charge < -0.3 is 10.6 Å². The van der Waals surface area contributed by atoms with E-state index in [0.29, 0.717) is 32.8 Å². The maximum absolute atomic E-state index is 13.3. The zero-order valence-electron chi connectivity index (χ0n) is 13.1. The Balaban J connectivity index is 1.84. The number of halogens is 4. The van der Waals surface area contributed by atoms with E-state index in [-0.39, 0.29) is 5.02 Å². The van der Waals surface area contributed by atoms with E-state index in [4.69, 9.17) is 34.8 Å². The highest BCUT2D eigenvalue weighted by molar-refractivity contribution is 6.42. The van der Waals surface area contributed by atoms with Crippen molar-refractivity contribution in [1.82, 2.24) is 4.98 Å². The van der Waals surface area contributed by atoms with Crippen molar-refractivity contribution in [3.8, 4) is 0 Å². The molecule has 132 valence electrons. The maximum atomic E-state index is 13.3. The van der Waals surface area contributed by atoms with Crippen molar-refractivity contribution < 1.29 is 9.18 Å². The molecule has 0 radical (unpaired) electrons. The van der Waals surface area contributed by atoms with E-state index in [9.17, 15) is 9.18 Å². The molecule has 0 bridgehead atoms. The van der Waals surface area contributed by atoms with Crippen molar-refractivity contribution in [1.29, 1.82) is 0 Å². The topological polar surface area (TPSA) is 54.0 Å². The van der Waals surface area contributed by atoms with Crippen molar-refractivity contribution in [3.05, 3.63) is 81.2 Å². The van der Waals surface area contributed by atoms with Crippen LogP contribution in [0.25, 0.3) is 0 Å². The van der Waals surface area contributed by atoms with Crippen molar-refractivity contribution in [2.45, 2.75) is 0 Å². The van der Waals surface area contributed by atoms with E-state index < -0.39 is 11.7 Å². The molecule has 0 aliphatic rings. The Bertz CT molecular complexity index is 982. The van der Waals surface area contributed by atoms with Gasteiger partial charge in [0.2, 0.25) is 0 Å². The van der Waals surface area contributed by atoms with Crippen molar-refractivity contribution in [2.75, 3.05) is 10.6 Å². The second-order valence-corrected chi connectivity index (χ2v) is 6.46. The van der Waals surface area contributed by atoms with Crippen LogP contribution < -0.4 is 10.6 Å². The van der Waals surface area contributed by atoms with E-state index in [1.54, 1.807) is 30.3 Å². The monoisotopic (exact) mass is 409 g/mol. The third kappa shape index (κ3) is 4.25. The largest absolute Gasteiger partial charge is 0.340 e. The lowest BCUT2D eigenvalue weighted by Gasteiger charge is -2.12. The van der Waals surface area contributed by atoms with Crippen molar-refractivity contribution >= 4 is 57.9 Å². The number of nitrogens with zero attached hydrogens (tertiary/aromatic N) is 1. The fourth-order valence-corrected chi connectivity index (χ4v) is 2.65. The first kappa shape index (κ1) is 18.5. The van der Waals surface area contributed by atoms with Crippen LogP contribution in [0.2, 0.25) is 15.1 Å². The van der Waals surface area contributed by atoms with Gasteiger partial charge in [0.1, 0.15) is 11.6 Å². The molecular formula is C18H11Cl3FN3O. The van der Waals surface area contributed by atoms with Crippen LogP contribution in [0.15, 0.2) is 54.7 Å². The first-order chi connectivity index (χ1) is 12.4. The highest BCUT2D eigenvalue weighted by Gasteiger charge is 2.14. The molecule has 0 saturated carbocycles. The van der Waals surface area contributed by atoms with Crippen LogP contribution in [0.4, 0.5) is 21.6 Å². The Kier molecular flexibility index (Phi) is 5.61. The summed E-state index contributed by atoms with van der Waals surface area (Å²) in [5.41, 5.74) is 1.28. The molecule has 1 amide bonds. The summed E-state index contributed by atoms with van der Waals surface area (Å²) in [6, 6.07) is 12.1. The van der Waals surface area contributed by atoms with Crippen LogP contribution in [0, 0.1) is 5.82 Å². The van der Waals surface area contributed by atoms with Gasteiger partial charge in [-0.05, 0) is 48.5 Å². The number of hydrogen-bond acceptors (Lipinski definition) is 3. The second kappa shape index (κ2) is 7.91. The normalized spacial score (nSPS) is 10.5. The van der Waals surface area contributed by atoms with Gasteiger partial charge in [-0.3, -0.25) is 4.79 Å². The molecule has 0 aliphatic heterocycles. The summed E-state index contributed by atoms with van der Waals surface area (Å²) < 4.78 is 13.3. The quantitative estimate of drug-likeness (QED) is 0.540. The predicted octanol–water partition coefficient (Wildman–Crippen LogP) is 6.18. The van der Waals surface area contributed by atoms with Gasteiger partial charge in [0.25, 0.3) is 5.91 Å². The summed E-state index contributed by atoms with van der Waals surface area (Å²) in [5, 5.41) is 6.37.